The van der Waals surface area contributed by atoms with Crippen molar-refractivity contribution in [1.82, 2.24) is 9.80 Å². The van der Waals surface area contributed by atoms with Crippen molar-refractivity contribution in [2.24, 2.45) is 5.92 Å². The summed E-state index contributed by atoms with van der Waals surface area (Å²) in [5, 5.41) is 10.4. The number of hydrogen-bond acceptors (Lipinski definition) is 3. The number of hydrogen-bond donors (Lipinski definition) is 1. The Hall–Kier alpha value is -0.770. The van der Waals surface area contributed by atoms with E-state index in [0.717, 1.165) is 24.6 Å². The lowest BCUT2D eigenvalue weighted by Gasteiger charge is -2.31. The predicted octanol–water partition coefficient (Wildman–Crippen LogP) is 2.82. The molecular weight excluding hydrogens is 260 g/mol. The molecule has 0 aromatic heterocycles. The second-order valence-electron chi connectivity index (χ2n) is 5.69. The van der Waals surface area contributed by atoms with Gasteiger partial charge in [-0.1, -0.05) is 23.7 Å². The van der Waals surface area contributed by atoms with Crippen LogP contribution in [-0.4, -0.2) is 48.6 Å². The van der Waals surface area contributed by atoms with Crippen molar-refractivity contribution in [3.05, 3.63) is 28.8 Å². The molecule has 0 aliphatic carbocycles. The second kappa shape index (κ2) is 6.60. The fourth-order valence-electron chi connectivity index (χ4n) is 2.73. The summed E-state index contributed by atoms with van der Waals surface area (Å²) in [6.07, 6.45) is 2.53. The van der Waals surface area contributed by atoms with Gasteiger partial charge in [-0.05, 0) is 52.0 Å². The van der Waals surface area contributed by atoms with Crippen molar-refractivity contribution in [3.63, 3.8) is 0 Å². The second-order valence-corrected chi connectivity index (χ2v) is 6.10. The molecule has 0 atom stereocenters. The third-order valence-corrected chi connectivity index (χ3v) is 4.22. The molecular formula is C15H23ClN2O. The first-order valence-corrected chi connectivity index (χ1v) is 7.27. The van der Waals surface area contributed by atoms with Gasteiger partial charge in [0.15, 0.2) is 0 Å². The van der Waals surface area contributed by atoms with Crippen LogP contribution in [0.4, 0.5) is 0 Å². The highest BCUT2D eigenvalue weighted by atomic mass is 35.5. The maximum absolute atomic E-state index is 9.92. The van der Waals surface area contributed by atoms with Gasteiger partial charge >= 0.3 is 0 Å². The van der Waals surface area contributed by atoms with Crippen LogP contribution in [0.1, 0.15) is 18.4 Å². The Kier molecular flexibility index (Phi) is 5.08. The summed E-state index contributed by atoms with van der Waals surface area (Å²) in [4.78, 5) is 4.67. The minimum atomic E-state index is 0.222. The fraction of sp³-hybridized carbons (Fsp3) is 0.600. The van der Waals surface area contributed by atoms with Crippen molar-refractivity contribution in [1.29, 1.82) is 0 Å². The van der Waals surface area contributed by atoms with E-state index >= 15 is 0 Å². The molecule has 0 radical (unpaired) electrons. The number of halogens is 1. The van der Waals surface area contributed by atoms with Crippen LogP contribution in [0.15, 0.2) is 18.2 Å². The predicted molar refractivity (Wildman–Crippen MR) is 79.7 cm³/mol. The van der Waals surface area contributed by atoms with Gasteiger partial charge in [-0.25, -0.2) is 0 Å². The lowest BCUT2D eigenvalue weighted by Crippen LogP contribution is -2.35. The normalized spacial score (nSPS) is 18.1. The van der Waals surface area contributed by atoms with Gasteiger partial charge in [0, 0.05) is 18.7 Å². The number of benzene rings is 1. The Bertz CT molecular complexity index is 417. The zero-order chi connectivity index (χ0) is 13.8. The van der Waals surface area contributed by atoms with E-state index in [2.05, 4.69) is 23.9 Å². The largest absolute Gasteiger partial charge is 0.506 e. The molecule has 1 saturated heterocycles. The third-order valence-electron chi connectivity index (χ3n) is 3.92. The third kappa shape index (κ3) is 4.10. The maximum atomic E-state index is 9.92. The van der Waals surface area contributed by atoms with E-state index in [-0.39, 0.29) is 5.75 Å². The number of nitrogens with zero attached hydrogens (tertiary/aromatic N) is 2. The molecule has 3 nitrogen and oxygen atoms in total. The van der Waals surface area contributed by atoms with Crippen LogP contribution >= 0.6 is 11.6 Å². The number of phenols is 1. The highest BCUT2D eigenvalue weighted by molar-refractivity contribution is 6.32. The maximum Gasteiger partial charge on any atom is 0.138 e. The molecule has 0 unspecified atom stereocenters. The van der Waals surface area contributed by atoms with Gasteiger partial charge in [0.1, 0.15) is 5.75 Å². The number of para-hydroxylation sites is 1. The monoisotopic (exact) mass is 282 g/mol. The zero-order valence-corrected chi connectivity index (χ0v) is 12.5. The van der Waals surface area contributed by atoms with Crippen molar-refractivity contribution < 1.29 is 5.11 Å². The van der Waals surface area contributed by atoms with Crippen LogP contribution in [0.3, 0.4) is 0 Å². The number of rotatable bonds is 4. The van der Waals surface area contributed by atoms with Crippen LogP contribution < -0.4 is 0 Å². The van der Waals surface area contributed by atoms with E-state index in [0.29, 0.717) is 5.02 Å². The first-order chi connectivity index (χ1) is 9.06. The SMILES string of the molecule is CN1CCC(CN(C)Cc2cccc(Cl)c2O)CC1. The molecule has 1 N–H and O–H groups in total. The Labute approximate surface area is 120 Å². The Morgan fingerprint density at radius 1 is 1.37 bits per heavy atom. The van der Waals surface area contributed by atoms with Crippen molar-refractivity contribution in [2.45, 2.75) is 19.4 Å². The smallest absolute Gasteiger partial charge is 0.138 e. The topological polar surface area (TPSA) is 26.7 Å². The summed E-state index contributed by atoms with van der Waals surface area (Å²) >= 11 is 5.93. The number of piperidine rings is 1. The van der Waals surface area contributed by atoms with E-state index in [9.17, 15) is 5.11 Å². The van der Waals surface area contributed by atoms with Crippen LogP contribution in [-0.2, 0) is 6.54 Å². The molecule has 0 amide bonds. The first-order valence-electron chi connectivity index (χ1n) is 6.89. The fourth-order valence-corrected chi connectivity index (χ4v) is 2.92. The lowest BCUT2D eigenvalue weighted by molar-refractivity contribution is 0.173. The molecule has 0 saturated carbocycles. The van der Waals surface area contributed by atoms with Crippen LogP contribution in [0.5, 0.6) is 5.75 Å². The quantitative estimate of drug-likeness (QED) is 0.920. The summed E-state index contributed by atoms with van der Waals surface area (Å²) in [6.45, 7) is 4.22. The number of phenolic OH excluding ortho intramolecular Hbond substituents is 1. The first kappa shape index (κ1) is 14.6. The van der Waals surface area contributed by atoms with Crippen molar-refractivity contribution in [2.75, 3.05) is 33.7 Å². The highest BCUT2D eigenvalue weighted by Gasteiger charge is 2.18. The molecule has 1 heterocycles. The highest BCUT2D eigenvalue weighted by Crippen LogP contribution is 2.28. The van der Waals surface area contributed by atoms with E-state index in [1.165, 1.54) is 25.9 Å². The summed E-state index contributed by atoms with van der Waals surface area (Å²) in [5.41, 5.74) is 0.905. The lowest BCUT2D eigenvalue weighted by atomic mass is 9.96. The van der Waals surface area contributed by atoms with E-state index in [4.69, 9.17) is 11.6 Å². The van der Waals surface area contributed by atoms with Crippen molar-refractivity contribution >= 4 is 11.6 Å². The van der Waals surface area contributed by atoms with Gasteiger partial charge in [-0.2, -0.15) is 0 Å². The molecule has 106 valence electrons. The van der Waals surface area contributed by atoms with Gasteiger partial charge in [-0.15, -0.1) is 0 Å². The molecule has 1 aliphatic rings. The molecule has 1 fully saturated rings. The standard InChI is InChI=1S/C15H23ClN2O/c1-17-8-6-12(7-9-17)10-18(2)11-13-4-3-5-14(16)15(13)19/h3-5,12,19H,6-11H2,1-2H3. The molecule has 0 spiro atoms. The van der Waals surface area contributed by atoms with Crippen LogP contribution in [0.2, 0.25) is 5.02 Å². The molecule has 2 rings (SSSR count). The van der Waals surface area contributed by atoms with Gasteiger partial charge < -0.3 is 14.9 Å². The molecule has 1 aromatic rings. The minimum Gasteiger partial charge on any atom is -0.506 e. The Morgan fingerprint density at radius 3 is 2.74 bits per heavy atom. The van der Waals surface area contributed by atoms with E-state index in [1.54, 1.807) is 6.07 Å². The average molecular weight is 283 g/mol. The van der Waals surface area contributed by atoms with Crippen LogP contribution in [0, 0.1) is 5.92 Å². The Balaban J connectivity index is 1.87. The van der Waals surface area contributed by atoms with Crippen molar-refractivity contribution in [3.8, 4) is 5.75 Å². The van der Waals surface area contributed by atoms with Gasteiger partial charge in [0.2, 0.25) is 0 Å². The summed E-state index contributed by atoms with van der Waals surface area (Å²) in [5.74, 6) is 0.988. The summed E-state index contributed by atoms with van der Waals surface area (Å²) < 4.78 is 0. The summed E-state index contributed by atoms with van der Waals surface area (Å²) in [6, 6.07) is 5.55. The van der Waals surface area contributed by atoms with Gasteiger partial charge in [0.25, 0.3) is 0 Å². The summed E-state index contributed by atoms with van der Waals surface area (Å²) in [7, 11) is 4.29. The number of aromatic hydroxyl groups is 1. The van der Waals surface area contributed by atoms with Gasteiger partial charge in [-0.3, -0.25) is 0 Å². The zero-order valence-electron chi connectivity index (χ0n) is 11.8. The Morgan fingerprint density at radius 2 is 2.05 bits per heavy atom. The molecule has 1 aromatic carbocycles. The average Bonchev–Trinajstić information content (AvgIpc) is 2.38. The van der Waals surface area contributed by atoms with Crippen LogP contribution in [0.25, 0.3) is 0 Å². The minimum absolute atomic E-state index is 0.222. The van der Waals surface area contributed by atoms with E-state index in [1.807, 2.05) is 12.1 Å². The molecule has 19 heavy (non-hydrogen) atoms. The molecule has 4 heteroatoms. The number of likely N-dealkylation sites (tertiary alicyclic amines) is 1. The van der Waals surface area contributed by atoms with Gasteiger partial charge in [0.05, 0.1) is 5.02 Å². The molecule has 0 bridgehead atoms. The van der Waals surface area contributed by atoms with E-state index < -0.39 is 0 Å². The molecule has 1 aliphatic heterocycles.